The van der Waals surface area contributed by atoms with Gasteiger partial charge in [0.25, 0.3) is 5.91 Å². The highest BCUT2D eigenvalue weighted by atomic mass is 32.2. The SMILES string of the molecule is CSc1cccc(NC(=O)COC(=O)c2ccc3c(c2)CCCC3)c1. The first kappa shape index (κ1) is 17.5. The van der Waals surface area contributed by atoms with E-state index in [-0.39, 0.29) is 12.5 Å². The third-order valence-electron chi connectivity index (χ3n) is 4.27. The number of esters is 1. The van der Waals surface area contributed by atoms with Gasteiger partial charge in [-0.1, -0.05) is 12.1 Å². The molecule has 0 fully saturated rings. The molecule has 0 unspecified atom stereocenters. The number of nitrogens with one attached hydrogen (secondary N) is 1. The Labute approximate surface area is 152 Å². The number of aryl methyl sites for hydroxylation is 2. The standard InChI is InChI=1S/C20H21NO3S/c1-25-18-8-4-7-17(12-18)21-19(22)13-24-20(23)16-10-9-14-5-2-3-6-15(14)11-16/h4,7-12H,2-3,5-6,13H2,1H3,(H,21,22). The minimum atomic E-state index is -0.457. The Morgan fingerprint density at radius 2 is 1.88 bits per heavy atom. The molecule has 1 aliphatic rings. The summed E-state index contributed by atoms with van der Waals surface area (Å²) in [5.74, 6) is -0.800. The van der Waals surface area contributed by atoms with E-state index >= 15 is 0 Å². The second-order valence-corrected chi connectivity index (χ2v) is 6.93. The normalized spacial score (nSPS) is 13.0. The van der Waals surface area contributed by atoms with E-state index in [1.807, 2.05) is 42.7 Å². The second-order valence-electron chi connectivity index (χ2n) is 6.05. The molecule has 0 aliphatic heterocycles. The van der Waals surface area contributed by atoms with E-state index in [9.17, 15) is 9.59 Å². The van der Waals surface area contributed by atoms with Crippen LogP contribution in [0.15, 0.2) is 47.4 Å². The molecule has 0 atom stereocenters. The Hall–Kier alpha value is -2.27. The summed E-state index contributed by atoms with van der Waals surface area (Å²) in [6, 6.07) is 13.2. The molecule has 25 heavy (non-hydrogen) atoms. The van der Waals surface area contributed by atoms with E-state index in [1.54, 1.807) is 17.8 Å². The molecule has 0 bridgehead atoms. The molecule has 0 saturated carbocycles. The van der Waals surface area contributed by atoms with E-state index in [0.717, 1.165) is 24.2 Å². The molecular weight excluding hydrogens is 334 g/mol. The van der Waals surface area contributed by atoms with Crippen LogP contribution in [-0.4, -0.2) is 24.7 Å². The van der Waals surface area contributed by atoms with Crippen molar-refractivity contribution in [1.29, 1.82) is 0 Å². The van der Waals surface area contributed by atoms with Gasteiger partial charge in [0, 0.05) is 10.6 Å². The third-order valence-corrected chi connectivity index (χ3v) is 5.00. The molecule has 2 aromatic carbocycles. The number of amides is 1. The minimum Gasteiger partial charge on any atom is -0.452 e. The number of fused-ring (bicyclic) bond motifs is 1. The summed E-state index contributed by atoms with van der Waals surface area (Å²) in [4.78, 5) is 25.2. The van der Waals surface area contributed by atoms with Crippen LogP contribution in [0.25, 0.3) is 0 Å². The lowest BCUT2D eigenvalue weighted by molar-refractivity contribution is -0.119. The number of carbonyl (C=O) groups is 2. The lowest BCUT2D eigenvalue weighted by Crippen LogP contribution is -2.21. The fourth-order valence-electron chi connectivity index (χ4n) is 2.97. The van der Waals surface area contributed by atoms with E-state index in [2.05, 4.69) is 5.32 Å². The molecular formula is C20H21NO3S. The van der Waals surface area contributed by atoms with Gasteiger partial charge in [0.05, 0.1) is 5.56 Å². The molecule has 0 radical (unpaired) electrons. The number of rotatable bonds is 5. The number of thioether (sulfide) groups is 1. The zero-order valence-electron chi connectivity index (χ0n) is 14.2. The van der Waals surface area contributed by atoms with E-state index in [4.69, 9.17) is 4.74 Å². The molecule has 1 aliphatic carbocycles. The zero-order valence-corrected chi connectivity index (χ0v) is 15.0. The Kier molecular flexibility index (Phi) is 5.76. The summed E-state index contributed by atoms with van der Waals surface area (Å²) in [5, 5.41) is 2.74. The molecule has 1 amide bonds. The molecule has 3 rings (SSSR count). The number of carbonyl (C=O) groups excluding carboxylic acids is 2. The van der Waals surface area contributed by atoms with Gasteiger partial charge in [-0.25, -0.2) is 4.79 Å². The maximum absolute atomic E-state index is 12.2. The number of hydrogen-bond donors (Lipinski definition) is 1. The molecule has 0 saturated heterocycles. The number of ether oxygens (including phenoxy) is 1. The lowest BCUT2D eigenvalue weighted by atomic mass is 9.90. The van der Waals surface area contributed by atoms with E-state index in [0.29, 0.717) is 11.3 Å². The fraction of sp³-hybridized carbons (Fsp3) is 0.300. The first-order valence-electron chi connectivity index (χ1n) is 8.38. The monoisotopic (exact) mass is 355 g/mol. The Balaban J connectivity index is 1.55. The van der Waals surface area contributed by atoms with Crippen LogP contribution >= 0.6 is 11.8 Å². The van der Waals surface area contributed by atoms with Crippen molar-refractivity contribution in [2.45, 2.75) is 30.6 Å². The van der Waals surface area contributed by atoms with E-state index < -0.39 is 5.97 Å². The Morgan fingerprint density at radius 1 is 1.08 bits per heavy atom. The van der Waals surface area contributed by atoms with Crippen LogP contribution in [0, 0.1) is 0 Å². The average Bonchev–Trinajstić information content (AvgIpc) is 2.65. The molecule has 4 nitrogen and oxygen atoms in total. The van der Waals surface area contributed by atoms with Crippen LogP contribution in [0.2, 0.25) is 0 Å². The molecule has 2 aromatic rings. The highest BCUT2D eigenvalue weighted by Gasteiger charge is 2.15. The number of hydrogen-bond acceptors (Lipinski definition) is 4. The first-order chi connectivity index (χ1) is 12.2. The predicted molar refractivity (Wildman–Crippen MR) is 100 cm³/mol. The van der Waals surface area contributed by atoms with Crippen molar-refractivity contribution in [2.75, 3.05) is 18.2 Å². The summed E-state index contributed by atoms with van der Waals surface area (Å²) >= 11 is 1.60. The molecule has 0 spiro atoms. The van der Waals surface area contributed by atoms with Crippen LogP contribution in [0.3, 0.4) is 0 Å². The topological polar surface area (TPSA) is 55.4 Å². The Bertz CT molecular complexity index is 788. The molecule has 1 N–H and O–H groups in total. The summed E-state index contributed by atoms with van der Waals surface area (Å²) in [6.07, 6.45) is 6.41. The maximum atomic E-state index is 12.2. The van der Waals surface area contributed by atoms with Gasteiger partial charge in [-0.3, -0.25) is 4.79 Å². The zero-order chi connectivity index (χ0) is 17.6. The van der Waals surface area contributed by atoms with Crippen molar-refractivity contribution in [2.24, 2.45) is 0 Å². The van der Waals surface area contributed by atoms with Gasteiger partial charge < -0.3 is 10.1 Å². The van der Waals surface area contributed by atoms with Gasteiger partial charge in [-0.2, -0.15) is 0 Å². The Morgan fingerprint density at radius 3 is 2.68 bits per heavy atom. The van der Waals surface area contributed by atoms with Gasteiger partial charge in [-0.15, -0.1) is 11.8 Å². The summed E-state index contributed by atoms with van der Waals surface area (Å²) in [5.41, 5.74) is 3.74. The van der Waals surface area contributed by atoms with Gasteiger partial charge in [0.1, 0.15) is 0 Å². The van der Waals surface area contributed by atoms with Crippen LogP contribution in [0.1, 0.15) is 34.3 Å². The van der Waals surface area contributed by atoms with Gasteiger partial charge in [0.15, 0.2) is 6.61 Å². The van der Waals surface area contributed by atoms with Gasteiger partial charge in [-0.05, 0) is 73.4 Å². The van der Waals surface area contributed by atoms with Gasteiger partial charge >= 0.3 is 5.97 Å². The van der Waals surface area contributed by atoms with Crippen molar-refractivity contribution >= 4 is 29.3 Å². The molecule has 5 heteroatoms. The van der Waals surface area contributed by atoms with Crippen LogP contribution < -0.4 is 5.32 Å². The highest BCUT2D eigenvalue weighted by Crippen LogP contribution is 2.22. The van der Waals surface area contributed by atoms with Crippen molar-refractivity contribution in [1.82, 2.24) is 0 Å². The minimum absolute atomic E-state index is 0.292. The predicted octanol–water partition coefficient (Wildman–Crippen LogP) is 4.08. The summed E-state index contributed by atoms with van der Waals surface area (Å²) < 4.78 is 5.15. The molecule has 0 aromatic heterocycles. The largest absolute Gasteiger partial charge is 0.452 e. The van der Waals surface area contributed by atoms with Crippen LogP contribution in [0.5, 0.6) is 0 Å². The lowest BCUT2D eigenvalue weighted by Gasteiger charge is -2.16. The van der Waals surface area contributed by atoms with Crippen molar-refractivity contribution in [3.63, 3.8) is 0 Å². The van der Waals surface area contributed by atoms with E-state index in [1.165, 1.54) is 17.5 Å². The third kappa shape index (κ3) is 4.63. The van der Waals surface area contributed by atoms with Crippen LogP contribution in [0.4, 0.5) is 5.69 Å². The quantitative estimate of drug-likeness (QED) is 0.648. The highest BCUT2D eigenvalue weighted by molar-refractivity contribution is 7.98. The molecule has 0 heterocycles. The average molecular weight is 355 g/mol. The summed E-state index contributed by atoms with van der Waals surface area (Å²) in [6.45, 7) is -0.292. The van der Waals surface area contributed by atoms with Gasteiger partial charge in [0.2, 0.25) is 0 Å². The maximum Gasteiger partial charge on any atom is 0.338 e. The second kappa shape index (κ2) is 8.21. The van der Waals surface area contributed by atoms with Crippen molar-refractivity contribution < 1.29 is 14.3 Å². The fourth-order valence-corrected chi connectivity index (χ4v) is 3.43. The smallest absolute Gasteiger partial charge is 0.338 e. The number of benzene rings is 2. The molecule has 130 valence electrons. The van der Waals surface area contributed by atoms with Crippen molar-refractivity contribution in [3.8, 4) is 0 Å². The first-order valence-corrected chi connectivity index (χ1v) is 9.61. The van der Waals surface area contributed by atoms with Crippen molar-refractivity contribution in [3.05, 3.63) is 59.2 Å². The van der Waals surface area contributed by atoms with Crippen LogP contribution in [-0.2, 0) is 22.4 Å². The number of anilines is 1. The summed E-state index contributed by atoms with van der Waals surface area (Å²) in [7, 11) is 0.